The van der Waals surface area contributed by atoms with Crippen molar-refractivity contribution in [2.75, 3.05) is 4.90 Å². The van der Waals surface area contributed by atoms with Crippen molar-refractivity contribution >= 4 is 28.1 Å². The summed E-state index contributed by atoms with van der Waals surface area (Å²) in [6.07, 6.45) is 0. The van der Waals surface area contributed by atoms with Crippen LogP contribution in [0.3, 0.4) is 0 Å². The lowest BCUT2D eigenvalue weighted by molar-refractivity contribution is 0.0999. The molecule has 0 bridgehead atoms. The fourth-order valence-corrected chi connectivity index (χ4v) is 3.66. The molecule has 0 radical (unpaired) electrons. The molecule has 0 spiro atoms. The van der Waals surface area contributed by atoms with Gasteiger partial charge in [0.1, 0.15) is 17.9 Å². The number of hydrogen-bond donors (Lipinski definition) is 0. The number of fused-ring (bicyclic) bond motifs is 3. The van der Waals surface area contributed by atoms with Crippen molar-refractivity contribution < 1.29 is 9.53 Å². The van der Waals surface area contributed by atoms with Crippen molar-refractivity contribution in [3.8, 4) is 23.6 Å². The highest BCUT2D eigenvalue weighted by Gasteiger charge is 2.31. The van der Waals surface area contributed by atoms with Crippen molar-refractivity contribution in [3.05, 3.63) is 95.6 Å². The van der Waals surface area contributed by atoms with Crippen molar-refractivity contribution in [3.63, 3.8) is 0 Å². The standard InChI is InChI=1S/C25H13N3O2/c26-14-18-11-22-24(13-19(18)15-27)30-23-12-17-7-5-4-6-16(17)10-21(23)25(29)28(22)20-8-2-1-3-9-20/h1-13H. The second kappa shape index (κ2) is 6.77. The van der Waals surface area contributed by atoms with Crippen LogP contribution in [0.1, 0.15) is 21.5 Å². The molecule has 5 heteroatoms. The van der Waals surface area contributed by atoms with Gasteiger partial charge >= 0.3 is 0 Å². The Morgan fingerprint density at radius 3 is 2.07 bits per heavy atom. The molecule has 30 heavy (non-hydrogen) atoms. The number of anilines is 2. The van der Waals surface area contributed by atoms with E-state index in [1.54, 1.807) is 0 Å². The zero-order chi connectivity index (χ0) is 20.7. The third-order valence-corrected chi connectivity index (χ3v) is 5.10. The van der Waals surface area contributed by atoms with E-state index in [0.29, 0.717) is 28.4 Å². The van der Waals surface area contributed by atoms with E-state index < -0.39 is 0 Å². The first-order chi connectivity index (χ1) is 14.7. The van der Waals surface area contributed by atoms with Crippen molar-refractivity contribution in [2.24, 2.45) is 0 Å². The number of carbonyl (C=O) groups excluding carboxylic acids is 1. The van der Waals surface area contributed by atoms with Crippen molar-refractivity contribution in [2.45, 2.75) is 0 Å². The van der Waals surface area contributed by atoms with E-state index in [9.17, 15) is 15.3 Å². The maximum Gasteiger partial charge on any atom is 0.266 e. The molecular weight excluding hydrogens is 374 g/mol. The minimum absolute atomic E-state index is 0.185. The van der Waals surface area contributed by atoms with Gasteiger partial charge in [-0.1, -0.05) is 42.5 Å². The monoisotopic (exact) mass is 387 g/mol. The number of hydrogen-bond acceptors (Lipinski definition) is 4. The predicted molar refractivity (Wildman–Crippen MR) is 113 cm³/mol. The summed E-state index contributed by atoms with van der Waals surface area (Å²) < 4.78 is 6.15. The van der Waals surface area contributed by atoms with Crippen molar-refractivity contribution in [1.29, 1.82) is 10.5 Å². The summed E-state index contributed by atoms with van der Waals surface area (Å²) in [5.74, 6) is 0.484. The van der Waals surface area contributed by atoms with Crippen molar-refractivity contribution in [1.82, 2.24) is 0 Å². The van der Waals surface area contributed by atoms with Gasteiger partial charge in [0.2, 0.25) is 0 Å². The molecule has 0 aromatic heterocycles. The third-order valence-electron chi connectivity index (χ3n) is 5.10. The van der Waals surface area contributed by atoms with Crippen LogP contribution < -0.4 is 9.64 Å². The van der Waals surface area contributed by atoms with E-state index in [0.717, 1.165) is 10.8 Å². The number of para-hydroxylation sites is 1. The molecule has 0 saturated heterocycles. The van der Waals surface area contributed by atoms with Gasteiger partial charge in [0.15, 0.2) is 5.75 Å². The average molecular weight is 387 g/mol. The molecule has 140 valence electrons. The molecule has 1 amide bonds. The number of benzene rings is 4. The molecule has 0 atom stereocenters. The van der Waals surface area contributed by atoms with Crippen LogP contribution in [-0.4, -0.2) is 5.91 Å². The Labute approximate surface area is 172 Å². The Balaban J connectivity index is 1.83. The van der Waals surface area contributed by atoms with E-state index in [4.69, 9.17) is 4.74 Å². The molecule has 0 fully saturated rings. The fraction of sp³-hybridized carbons (Fsp3) is 0. The topological polar surface area (TPSA) is 77.1 Å². The Kier molecular flexibility index (Phi) is 3.95. The maximum absolute atomic E-state index is 13.7. The van der Waals surface area contributed by atoms with E-state index >= 15 is 0 Å². The summed E-state index contributed by atoms with van der Waals surface area (Å²) in [7, 11) is 0. The molecule has 5 rings (SSSR count). The van der Waals surface area contributed by atoms with Gasteiger partial charge in [-0.3, -0.25) is 9.69 Å². The van der Waals surface area contributed by atoms with E-state index in [1.165, 1.54) is 17.0 Å². The molecule has 1 aliphatic rings. The molecule has 0 unspecified atom stereocenters. The highest BCUT2D eigenvalue weighted by Crippen LogP contribution is 2.44. The first-order valence-corrected chi connectivity index (χ1v) is 9.28. The summed E-state index contributed by atoms with van der Waals surface area (Å²) in [6.45, 7) is 0. The molecule has 1 aliphatic heterocycles. The van der Waals surface area contributed by atoms with E-state index in [1.807, 2.05) is 78.9 Å². The van der Waals surface area contributed by atoms with Crippen LogP contribution in [0.15, 0.2) is 78.9 Å². The second-order valence-corrected chi connectivity index (χ2v) is 6.86. The van der Waals surface area contributed by atoms with Gasteiger partial charge in [0, 0.05) is 11.8 Å². The third kappa shape index (κ3) is 2.66. The Morgan fingerprint density at radius 1 is 0.733 bits per heavy atom. The first-order valence-electron chi connectivity index (χ1n) is 9.28. The normalized spacial score (nSPS) is 12.2. The predicted octanol–water partition coefficient (Wildman–Crippen LogP) is 5.67. The molecule has 0 N–H and O–H groups in total. The molecule has 5 nitrogen and oxygen atoms in total. The molecule has 4 aromatic rings. The SMILES string of the molecule is N#Cc1cc2c(cc1C#N)N(c1ccccc1)C(=O)c1cc3ccccc3cc1O2. The summed E-state index contributed by atoms with van der Waals surface area (Å²) in [5.41, 5.74) is 1.85. The molecule has 4 aromatic carbocycles. The van der Waals surface area contributed by atoms with Crippen LogP contribution in [0.2, 0.25) is 0 Å². The number of nitrogens with zero attached hydrogens (tertiary/aromatic N) is 3. The minimum Gasteiger partial charge on any atom is -0.454 e. The van der Waals surface area contributed by atoms with Gasteiger partial charge < -0.3 is 4.74 Å². The lowest BCUT2D eigenvalue weighted by Gasteiger charge is -2.22. The van der Waals surface area contributed by atoms with Crippen LogP contribution in [-0.2, 0) is 0 Å². The minimum atomic E-state index is -0.269. The average Bonchev–Trinajstić information content (AvgIpc) is 2.90. The van der Waals surface area contributed by atoms with Crippen LogP contribution in [0.4, 0.5) is 11.4 Å². The van der Waals surface area contributed by atoms with Crippen LogP contribution in [0.5, 0.6) is 11.5 Å². The zero-order valence-electron chi connectivity index (χ0n) is 15.7. The summed E-state index contributed by atoms with van der Waals surface area (Å²) in [6, 6.07) is 27.6. The largest absolute Gasteiger partial charge is 0.454 e. The number of carbonyl (C=O) groups is 1. The lowest BCUT2D eigenvalue weighted by atomic mass is 10.0. The Hall–Kier alpha value is -4.61. The summed E-state index contributed by atoms with van der Waals surface area (Å²) in [4.78, 5) is 15.2. The van der Waals surface area contributed by atoms with Gasteiger partial charge in [-0.2, -0.15) is 10.5 Å². The maximum atomic E-state index is 13.7. The van der Waals surface area contributed by atoms with Gasteiger partial charge in [-0.25, -0.2) is 0 Å². The molecule has 0 saturated carbocycles. The van der Waals surface area contributed by atoms with E-state index in [-0.39, 0.29) is 17.0 Å². The van der Waals surface area contributed by atoms with Crippen LogP contribution in [0.25, 0.3) is 10.8 Å². The van der Waals surface area contributed by atoms with Gasteiger partial charge in [0.05, 0.1) is 22.4 Å². The second-order valence-electron chi connectivity index (χ2n) is 6.86. The smallest absolute Gasteiger partial charge is 0.266 e. The summed E-state index contributed by atoms with van der Waals surface area (Å²) in [5, 5.41) is 20.8. The quantitative estimate of drug-likeness (QED) is 0.422. The number of ether oxygens (including phenoxy) is 1. The molecular formula is C25H13N3O2. The fourth-order valence-electron chi connectivity index (χ4n) is 3.66. The Morgan fingerprint density at radius 2 is 1.37 bits per heavy atom. The number of rotatable bonds is 1. The highest BCUT2D eigenvalue weighted by molar-refractivity contribution is 6.15. The first kappa shape index (κ1) is 17.5. The molecule has 0 aliphatic carbocycles. The Bertz CT molecular complexity index is 1410. The zero-order valence-corrected chi connectivity index (χ0v) is 15.7. The number of amides is 1. The van der Waals surface area contributed by atoms with Gasteiger partial charge in [0.25, 0.3) is 5.91 Å². The van der Waals surface area contributed by atoms with Gasteiger partial charge in [-0.15, -0.1) is 0 Å². The van der Waals surface area contributed by atoms with Crippen LogP contribution in [0, 0.1) is 22.7 Å². The highest BCUT2D eigenvalue weighted by atomic mass is 16.5. The van der Waals surface area contributed by atoms with E-state index in [2.05, 4.69) is 0 Å². The van der Waals surface area contributed by atoms with Gasteiger partial charge in [-0.05, 0) is 41.1 Å². The number of nitriles is 2. The summed E-state index contributed by atoms with van der Waals surface area (Å²) >= 11 is 0. The lowest BCUT2D eigenvalue weighted by Crippen LogP contribution is -2.25. The van der Waals surface area contributed by atoms with Crippen LogP contribution >= 0.6 is 0 Å². The molecule has 1 heterocycles.